The van der Waals surface area contributed by atoms with Crippen LogP contribution in [0.5, 0.6) is 0 Å². The lowest BCUT2D eigenvalue weighted by molar-refractivity contribution is -0.265. The number of Topliss-reactive ketones (excluding diaryl/α,β-unsaturated/α-hetero) is 2. The fourth-order valence-corrected chi connectivity index (χ4v) is 11.4. The molecule has 2 bridgehead atoms. The number of piperidine rings is 1. The summed E-state index contributed by atoms with van der Waals surface area (Å²) in [7, 11) is 4.57. The second kappa shape index (κ2) is 36.7. The highest BCUT2D eigenvalue weighted by Gasteiger charge is 2.53. The first-order valence-electron chi connectivity index (χ1n) is 29.7. The molecule has 0 aromatic carbocycles. The molecule has 0 radical (unpaired) electrons. The van der Waals surface area contributed by atoms with Gasteiger partial charge in [-0.25, -0.2) is 9.59 Å². The molecule has 0 aromatic heterocycles. The molecule has 462 valence electrons. The Hall–Kier alpha value is -3.93. The Balaban J connectivity index is 1.51. The summed E-state index contributed by atoms with van der Waals surface area (Å²) >= 11 is 0. The number of nitrogens with two attached hydrogens (primary N) is 1. The van der Waals surface area contributed by atoms with Crippen LogP contribution in [0, 0.1) is 29.6 Å². The molecule has 2 amide bonds. The molecular formula is C61H101N3O17. The standard InChI is InChI=1S/C61H101N3O17/c1-11-75-29-30-77-33-34-78-32-31-76-28-26-63-60(70)80-51-25-22-46(38-53(51)73-9)37-48(62)50-24-20-41(3)36-44(6)55(66)56(74-10)54(65)43(5)35-40(2)17-13-12-14-18-42(4)52(72-8)39-47-23-21-45(7)61(71,81-47)57(67)58(68)64-27-16-15-19-49(64)59(69)79-50/h12-14,17-18,36,40-41,43,45-53,55-56,66,71H,11,15-16,19-35,37-39,62H2,1-10H3,(H,63,70)/b14-12+,17-13+,42-18+,44-36+/t40-,41+,43-,45-,46+,47+,48-,49+,50+,51-,52+,53-,55-,56+,61-/m1/s1. The molecular weight excluding hydrogens is 1050 g/mol. The summed E-state index contributed by atoms with van der Waals surface area (Å²) < 4.78 is 57.5. The number of allylic oxidation sites excluding steroid dienone is 6. The number of methoxy groups -OCH3 is 3. The van der Waals surface area contributed by atoms with Gasteiger partial charge >= 0.3 is 12.1 Å². The average molecular weight is 1150 g/mol. The number of amides is 2. The maximum absolute atomic E-state index is 14.6. The van der Waals surface area contributed by atoms with Crippen molar-refractivity contribution in [2.45, 2.75) is 193 Å². The number of ketones is 2. The third kappa shape index (κ3) is 22.5. The molecule has 3 aliphatic heterocycles. The molecule has 0 unspecified atom stereocenters. The summed E-state index contributed by atoms with van der Waals surface area (Å²) in [5.41, 5.74) is 8.51. The van der Waals surface area contributed by atoms with Gasteiger partial charge in [-0.15, -0.1) is 0 Å². The van der Waals surface area contributed by atoms with Crippen LogP contribution in [0.3, 0.4) is 0 Å². The van der Waals surface area contributed by atoms with E-state index in [0.717, 1.165) is 5.57 Å². The van der Waals surface area contributed by atoms with Gasteiger partial charge < -0.3 is 73.5 Å². The van der Waals surface area contributed by atoms with Crippen LogP contribution in [0.4, 0.5) is 4.79 Å². The molecule has 1 aliphatic carbocycles. The number of aliphatic hydroxyl groups is 2. The van der Waals surface area contributed by atoms with E-state index in [-0.39, 0.29) is 49.7 Å². The van der Waals surface area contributed by atoms with Crippen molar-refractivity contribution in [3.63, 3.8) is 0 Å². The molecule has 5 N–H and O–H groups in total. The summed E-state index contributed by atoms with van der Waals surface area (Å²) in [6.45, 7) is 17.1. The van der Waals surface area contributed by atoms with Crippen molar-refractivity contribution in [1.29, 1.82) is 0 Å². The highest BCUT2D eigenvalue weighted by molar-refractivity contribution is 6.39. The maximum Gasteiger partial charge on any atom is 0.407 e. The van der Waals surface area contributed by atoms with E-state index in [1.54, 1.807) is 28.1 Å². The predicted molar refractivity (Wildman–Crippen MR) is 305 cm³/mol. The molecule has 1 saturated carbocycles. The molecule has 4 rings (SSSR count). The Morgan fingerprint density at radius 1 is 0.778 bits per heavy atom. The Labute approximate surface area is 482 Å². The molecule has 20 nitrogen and oxygen atoms in total. The lowest BCUT2D eigenvalue weighted by Gasteiger charge is -2.42. The van der Waals surface area contributed by atoms with Crippen LogP contribution in [0.1, 0.15) is 132 Å². The van der Waals surface area contributed by atoms with Crippen LogP contribution in [0.25, 0.3) is 0 Å². The van der Waals surface area contributed by atoms with Crippen LogP contribution >= 0.6 is 0 Å². The highest BCUT2D eigenvalue weighted by Crippen LogP contribution is 2.37. The smallest absolute Gasteiger partial charge is 0.407 e. The first-order valence-corrected chi connectivity index (χ1v) is 29.7. The molecule has 0 spiro atoms. The Bertz CT molecular complexity index is 2050. The van der Waals surface area contributed by atoms with Crippen molar-refractivity contribution in [1.82, 2.24) is 10.2 Å². The number of carbonyl (C=O) groups is 5. The zero-order valence-corrected chi connectivity index (χ0v) is 50.4. The van der Waals surface area contributed by atoms with Crippen LogP contribution < -0.4 is 11.1 Å². The van der Waals surface area contributed by atoms with Gasteiger partial charge in [-0.2, -0.15) is 0 Å². The number of rotatable bonds is 20. The number of hydrogen-bond donors (Lipinski definition) is 4. The van der Waals surface area contributed by atoms with Gasteiger partial charge in [0.25, 0.3) is 11.7 Å². The van der Waals surface area contributed by atoms with Gasteiger partial charge in [0, 0.05) is 65.3 Å². The number of fused-ring (bicyclic) bond motifs is 3. The first-order chi connectivity index (χ1) is 38.8. The number of carbonyl (C=O) groups excluding carboxylic acids is 5. The van der Waals surface area contributed by atoms with Crippen LogP contribution in [-0.4, -0.2) is 193 Å². The van der Waals surface area contributed by atoms with E-state index in [1.807, 2.05) is 71.1 Å². The van der Waals surface area contributed by atoms with Crippen molar-refractivity contribution in [3.8, 4) is 0 Å². The van der Waals surface area contributed by atoms with Crippen LogP contribution in [-0.2, 0) is 66.5 Å². The number of esters is 1. The second-order valence-corrected chi connectivity index (χ2v) is 22.7. The van der Waals surface area contributed by atoms with Gasteiger partial charge in [0.2, 0.25) is 5.79 Å². The van der Waals surface area contributed by atoms with E-state index in [9.17, 15) is 34.2 Å². The molecule has 3 fully saturated rings. The number of nitrogens with zero attached hydrogens (tertiary/aromatic N) is 1. The molecule has 81 heavy (non-hydrogen) atoms. The summed E-state index contributed by atoms with van der Waals surface area (Å²) in [6.07, 6.45) is 11.8. The fraction of sp³-hybridized carbons (Fsp3) is 0.787. The lowest BCUT2D eigenvalue weighted by Crippen LogP contribution is -2.61. The van der Waals surface area contributed by atoms with Gasteiger partial charge in [0.05, 0.1) is 64.6 Å². The number of cyclic esters (lactones) is 1. The Morgan fingerprint density at radius 3 is 2.14 bits per heavy atom. The van der Waals surface area contributed by atoms with Crippen LogP contribution in [0.2, 0.25) is 0 Å². The number of hydrogen-bond acceptors (Lipinski definition) is 18. The summed E-state index contributed by atoms with van der Waals surface area (Å²) in [5, 5.41) is 26.4. The van der Waals surface area contributed by atoms with Crippen molar-refractivity contribution in [2.75, 3.05) is 87.3 Å². The van der Waals surface area contributed by atoms with E-state index in [2.05, 4.69) is 5.32 Å². The Morgan fingerprint density at radius 2 is 1.47 bits per heavy atom. The van der Waals surface area contributed by atoms with Gasteiger partial charge in [-0.3, -0.25) is 14.4 Å². The van der Waals surface area contributed by atoms with Crippen molar-refractivity contribution >= 4 is 29.5 Å². The zero-order valence-electron chi connectivity index (χ0n) is 50.4. The van der Waals surface area contributed by atoms with E-state index in [0.29, 0.717) is 129 Å². The summed E-state index contributed by atoms with van der Waals surface area (Å²) in [4.78, 5) is 71.2. The summed E-state index contributed by atoms with van der Waals surface area (Å²) in [6, 6.07) is -1.81. The first kappa shape index (κ1) is 69.6. The Kier molecular flexibility index (Phi) is 31.5. The van der Waals surface area contributed by atoms with E-state index in [4.69, 9.17) is 53.1 Å². The second-order valence-electron chi connectivity index (χ2n) is 22.7. The number of nitrogens with one attached hydrogen (secondary N) is 1. The number of alkyl carbamates (subject to hydrolysis) is 1. The third-order valence-electron chi connectivity index (χ3n) is 16.3. The normalized spacial score (nSPS) is 34.6. The largest absolute Gasteiger partial charge is 0.459 e. The predicted octanol–water partition coefficient (Wildman–Crippen LogP) is 6.51. The molecule has 4 aliphatic rings. The molecule has 2 saturated heterocycles. The lowest BCUT2D eigenvalue weighted by atomic mass is 9.80. The topological polar surface area (TPSA) is 259 Å². The monoisotopic (exact) mass is 1150 g/mol. The number of aliphatic hydroxyl groups excluding tert-OH is 1. The minimum atomic E-state index is -2.43. The van der Waals surface area contributed by atoms with Crippen LogP contribution in [0.15, 0.2) is 47.6 Å². The molecule has 0 aromatic rings. The summed E-state index contributed by atoms with van der Waals surface area (Å²) in [5.74, 6) is -6.76. The quantitative estimate of drug-likeness (QED) is 0.0438. The third-order valence-corrected chi connectivity index (χ3v) is 16.3. The molecule has 3 heterocycles. The highest BCUT2D eigenvalue weighted by atomic mass is 16.6. The molecule has 20 heteroatoms. The van der Waals surface area contributed by atoms with Gasteiger partial charge in [-0.05, 0) is 127 Å². The minimum absolute atomic E-state index is 0.00132. The fourth-order valence-electron chi connectivity index (χ4n) is 11.4. The SMILES string of the molecule is CCOCCOCCOCCOCCNC(=O)O[C@@H]1CC[C@@H](C[C@@H](N)[C@@H]2CC[C@H](C)/C=C(\C)[C@@H](O)[C@@H](OC)C(=O)[C@H](C)C[C@H](C)/C=C/C=C/C=C(\C)[C@@H](OC)C[C@@H]3CC[C@@H](C)[C@@](O)(O3)C(=O)C(=O)N3CCCC[C@H]3C(=O)O2)C[C@H]1OC. The van der Waals surface area contributed by atoms with E-state index in [1.165, 1.54) is 12.0 Å². The minimum Gasteiger partial charge on any atom is -0.459 e. The van der Waals surface area contributed by atoms with E-state index >= 15 is 0 Å². The van der Waals surface area contributed by atoms with Gasteiger partial charge in [-0.1, -0.05) is 64.2 Å². The van der Waals surface area contributed by atoms with Crippen molar-refractivity contribution in [3.05, 3.63) is 47.6 Å². The van der Waals surface area contributed by atoms with Crippen molar-refractivity contribution < 1.29 is 81.6 Å². The maximum atomic E-state index is 14.6. The van der Waals surface area contributed by atoms with Gasteiger partial charge in [0.1, 0.15) is 30.5 Å². The van der Waals surface area contributed by atoms with Crippen molar-refractivity contribution in [2.24, 2.45) is 35.3 Å². The average Bonchev–Trinajstić information content (AvgIpc) is 3.46. The van der Waals surface area contributed by atoms with Gasteiger partial charge in [0.15, 0.2) is 5.78 Å². The van der Waals surface area contributed by atoms with E-state index < -0.39 is 96.2 Å². The number of ether oxygens (including phenoxy) is 10. The zero-order chi connectivity index (χ0) is 59.5. The molecule has 15 atom stereocenters.